The highest BCUT2D eigenvalue weighted by molar-refractivity contribution is 5.88. The largest absolute Gasteiger partial charge is 0.382 e. The van der Waals surface area contributed by atoms with Crippen LogP contribution in [0.25, 0.3) is 22.5 Å². The minimum absolute atomic E-state index is 0.231. The van der Waals surface area contributed by atoms with Crippen LogP contribution in [-0.2, 0) is 4.79 Å². The molecule has 0 radical (unpaired) electrons. The molecule has 0 saturated heterocycles. The molecule has 0 bridgehead atoms. The van der Waals surface area contributed by atoms with E-state index in [-0.39, 0.29) is 5.82 Å². The van der Waals surface area contributed by atoms with Crippen molar-refractivity contribution in [1.82, 2.24) is 34.7 Å². The van der Waals surface area contributed by atoms with Crippen molar-refractivity contribution in [2.24, 2.45) is 5.92 Å². The second-order valence-corrected chi connectivity index (χ2v) is 9.27. The number of fused-ring (bicyclic) bond motifs is 1. The number of rotatable bonds is 7. The molecule has 5 rings (SSSR count). The van der Waals surface area contributed by atoms with Crippen LogP contribution in [0.4, 0.5) is 11.5 Å². The predicted octanol–water partition coefficient (Wildman–Crippen LogP) is 3.04. The Hall–Kier alpha value is -4.84. The van der Waals surface area contributed by atoms with Crippen molar-refractivity contribution in [2.45, 2.75) is 51.0 Å². The Kier molecular flexibility index (Phi) is 6.47. The van der Waals surface area contributed by atoms with Crippen LogP contribution in [0.1, 0.15) is 56.2 Å². The number of hydrogen-bond donors (Lipinski definition) is 2. The maximum absolute atomic E-state index is 10.8. The fraction of sp³-hybridized carbons (Fsp3) is 0.360. The number of nitrogens with zero attached hydrogens (tertiary/aromatic N) is 9. The molecule has 1 fully saturated rings. The summed E-state index contributed by atoms with van der Waals surface area (Å²) in [5.41, 5.74) is 9.07. The van der Waals surface area contributed by atoms with Gasteiger partial charge in [0.15, 0.2) is 17.3 Å². The molecule has 1 aliphatic rings. The first-order valence-corrected chi connectivity index (χ1v) is 12.1. The molecule has 0 spiro atoms. The molecule has 4 aromatic rings. The van der Waals surface area contributed by atoms with Gasteiger partial charge in [0.25, 0.3) is 0 Å². The van der Waals surface area contributed by atoms with Crippen LogP contribution < -0.4 is 11.1 Å². The van der Waals surface area contributed by atoms with Crippen molar-refractivity contribution in [2.75, 3.05) is 11.1 Å². The Morgan fingerprint density at radius 3 is 2.76 bits per heavy atom. The summed E-state index contributed by atoms with van der Waals surface area (Å²) in [7, 11) is 0. The lowest BCUT2D eigenvalue weighted by molar-refractivity contribution is -0.108. The minimum atomic E-state index is -0.485. The first-order valence-electron chi connectivity index (χ1n) is 12.1. The fourth-order valence-corrected chi connectivity index (χ4v) is 4.77. The van der Waals surface area contributed by atoms with Crippen LogP contribution >= 0.6 is 0 Å². The third-order valence-electron chi connectivity index (χ3n) is 6.78. The fourth-order valence-electron chi connectivity index (χ4n) is 4.77. The predicted molar refractivity (Wildman–Crippen MR) is 135 cm³/mol. The quantitative estimate of drug-likeness (QED) is 0.362. The maximum atomic E-state index is 10.8. The number of nitrogens with one attached hydrogen (secondary N) is 1. The lowest BCUT2D eigenvalue weighted by Crippen LogP contribution is -2.16. The molecule has 3 N–H and O–H groups in total. The Labute approximate surface area is 212 Å². The zero-order valence-electron chi connectivity index (χ0n) is 20.2. The standard InChI is InChI=1S/C25H25N11O/c1-15(10-26)31-20-9-23(36-25-19(24(28)33-36)8-17(11-27)12-30-25)29-13-22(20)35-14-21(32-34-35)18-4-2-16(3-5-18)6-7-37/h7-9,12-16,18H,2-6H2,1H3,(H2,28,33)(H,29,31)/t15-,16?,18?/m1/s1. The molecule has 12 heteroatoms. The van der Waals surface area contributed by atoms with E-state index in [2.05, 4.69) is 42.8 Å². The van der Waals surface area contributed by atoms with Gasteiger partial charge in [-0.15, -0.1) is 10.2 Å². The normalized spacial score (nSPS) is 18.1. The van der Waals surface area contributed by atoms with Crippen molar-refractivity contribution >= 4 is 28.8 Å². The summed E-state index contributed by atoms with van der Waals surface area (Å²) in [5, 5.41) is 35.5. The number of anilines is 2. The van der Waals surface area contributed by atoms with Gasteiger partial charge in [-0.3, -0.25) is 0 Å². The first kappa shape index (κ1) is 23.9. The number of carbonyl (C=O) groups excluding carboxylic acids is 1. The van der Waals surface area contributed by atoms with Gasteiger partial charge in [0.2, 0.25) is 0 Å². The molecule has 1 saturated carbocycles. The molecular formula is C25H25N11O. The molecular weight excluding hydrogens is 470 g/mol. The molecule has 4 heterocycles. The highest BCUT2D eigenvalue weighted by Crippen LogP contribution is 2.36. The van der Waals surface area contributed by atoms with E-state index in [4.69, 9.17) is 5.73 Å². The second kappa shape index (κ2) is 10.0. The molecule has 0 unspecified atom stereocenters. The van der Waals surface area contributed by atoms with Crippen LogP contribution in [0.3, 0.4) is 0 Å². The van der Waals surface area contributed by atoms with Crippen molar-refractivity contribution < 1.29 is 4.79 Å². The third-order valence-corrected chi connectivity index (χ3v) is 6.78. The van der Waals surface area contributed by atoms with E-state index < -0.39 is 6.04 Å². The molecule has 4 aromatic heterocycles. The maximum Gasteiger partial charge on any atom is 0.167 e. The summed E-state index contributed by atoms with van der Waals surface area (Å²) in [6.07, 6.45) is 10.6. The van der Waals surface area contributed by atoms with Gasteiger partial charge in [-0.2, -0.15) is 15.2 Å². The summed E-state index contributed by atoms with van der Waals surface area (Å²) in [4.78, 5) is 19.8. The first-order chi connectivity index (χ1) is 18.0. The number of nitriles is 2. The van der Waals surface area contributed by atoms with E-state index in [0.717, 1.165) is 37.7 Å². The molecule has 1 atom stereocenters. The third kappa shape index (κ3) is 4.69. The average Bonchev–Trinajstić information content (AvgIpc) is 3.54. The van der Waals surface area contributed by atoms with Gasteiger partial charge >= 0.3 is 0 Å². The van der Waals surface area contributed by atoms with Gasteiger partial charge in [-0.1, -0.05) is 5.21 Å². The van der Waals surface area contributed by atoms with E-state index >= 15 is 0 Å². The van der Waals surface area contributed by atoms with Crippen LogP contribution in [0.5, 0.6) is 0 Å². The van der Waals surface area contributed by atoms with Crippen LogP contribution in [0, 0.1) is 28.6 Å². The molecule has 0 aliphatic heterocycles. The highest BCUT2D eigenvalue weighted by atomic mass is 16.1. The minimum Gasteiger partial charge on any atom is -0.382 e. The highest BCUT2D eigenvalue weighted by Gasteiger charge is 2.25. The van der Waals surface area contributed by atoms with E-state index in [9.17, 15) is 15.3 Å². The van der Waals surface area contributed by atoms with Crippen molar-refractivity contribution in [3.8, 4) is 23.6 Å². The van der Waals surface area contributed by atoms with E-state index in [1.807, 2.05) is 6.20 Å². The zero-order chi connectivity index (χ0) is 25.9. The number of pyridine rings is 2. The molecule has 0 amide bonds. The lowest BCUT2D eigenvalue weighted by Gasteiger charge is -2.25. The Bertz CT molecular complexity index is 1530. The summed E-state index contributed by atoms with van der Waals surface area (Å²) in [5.74, 6) is 1.41. The number of carbonyl (C=O) groups is 1. The van der Waals surface area contributed by atoms with Gasteiger partial charge < -0.3 is 15.8 Å². The Morgan fingerprint density at radius 1 is 1.22 bits per heavy atom. The second-order valence-electron chi connectivity index (χ2n) is 9.27. The molecule has 0 aromatic carbocycles. The van der Waals surface area contributed by atoms with Crippen molar-refractivity contribution in [1.29, 1.82) is 10.5 Å². The van der Waals surface area contributed by atoms with Crippen LogP contribution in [0.15, 0.2) is 30.7 Å². The Morgan fingerprint density at radius 2 is 2.03 bits per heavy atom. The van der Waals surface area contributed by atoms with Gasteiger partial charge in [0.1, 0.15) is 24.1 Å². The van der Waals surface area contributed by atoms with Crippen LogP contribution in [0.2, 0.25) is 0 Å². The molecule has 1 aliphatic carbocycles. The Balaban J connectivity index is 1.49. The van der Waals surface area contributed by atoms with Crippen molar-refractivity contribution in [3.63, 3.8) is 0 Å². The number of nitrogen functional groups attached to an aromatic ring is 1. The van der Waals surface area contributed by atoms with Gasteiger partial charge in [-0.05, 0) is 44.6 Å². The number of nitrogens with two attached hydrogens (primary N) is 1. The van der Waals surface area contributed by atoms with Gasteiger partial charge in [0.05, 0.1) is 40.8 Å². The van der Waals surface area contributed by atoms with Crippen molar-refractivity contribution in [3.05, 3.63) is 42.0 Å². The molecule has 37 heavy (non-hydrogen) atoms. The summed E-state index contributed by atoms with van der Waals surface area (Å²) < 4.78 is 3.16. The summed E-state index contributed by atoms with van der Waals surface area (Å²) in [6.45, 7) is 1.75. The van der Waals surface area contributed by atoms with E-state index in [0.29, 0.717) is 52.0 Å². The van der Waals surface area contributed by atoms with E-state index in [1.165, 1.54) is 10.9 Å². The monoisotopic (exact) mass is 495 g/mol. The smallest absolute Gasteiger partial charge is 0.167 e. The number of aromatic nitrogens is 7. The number of aldehydes is 1. The molecule has 12 nitrogen and oxygen atoms in total. The van der Waals surface area contributed by atoms with Gasteiger partial charge in [-0.25, -0.2) is 14.6 Å². The topological polar surface area (TPSA) is 177 Å². The van der Waals surface area contributed by atoms with Crippen LogP contribution in [-0.4, -0.2) is 47.1 Å². The summed E-state index contributed by atoms with van der Waals surface area (Å²) >= 11 is 0. The zero-order valence-corrected chi connectivity index (χ0v) is 20.2. The van der Waals surface area contributed by atoms with Gasteiger partial charge in [0, 0.05) is 24.6 Å². The number of hydrogen-bond acceptors (Lipinski definition) is 10. The van der Waals surface area contributed by atoms with E-state index in [1.54, 1.807) is 29.9 Å². The SMILES string of the molecule is C[C@H](C#N)Nc1cc(-n2nc(N)c3cc(C#N)cnc32)ncc1-n1cc(C2CCC(CC=O)CC2)nn1. The lowest BCUT2D eigenvalue weighted by atomic mass is 9.79. The molecule has 186 valence electrons. The summed E-state index contributed by atoms with van der Waals surface area (Å²) in [6, 6.07) is 7.13. The average molecular weight is 496 g/mol.